The van der Waals surface area contributed by atoms with E-state index in [1.54, 1.807) is 4.68 Å². The second-order valence-corrected chi connectivity index (χ2v) is 6.35. The maximum Gasteiger partial charge on any atom is 0.315 e. The summed E-state index contributed by atoms with van der Waals surface area (Å²) < 4.78 is 1.76. The Balaban J connectivity index is 1.55. The number of carbonyl (C=O) groups excluding carboxylic acids is 1. The minimum Gasteiger partial charge on any atom is -0.383 e. The molecule has 0 spiro atoms. The standard InChI is InChI=1S/C18H24N4O2/c1-3-16-14(11-22(2)21-16)10-19-17(23)20-12-18(24)9-8-13-6-4-5-7-15(13)18/h4-7,11,24H,3,8-10,12H2,1-2H3,(H2,19,20,23). The summed E-state index contributed by atoms with van der Waals surface area (Å²) >= 11 is 0. The first-order valence-corrected chi connectivity index (χ1v) is 8.35. The number of hydrogen-bond acceptors (Lipinski definition) is 3. The molecule has 2 amide bonds. The van der Waals surface area contributed by atoms with Crippen LogP contribution in [-0.4, -0.2) is 27.5 Å². The molecule has 128 valence electrons. The lowest BCUT2D eigenvalue weighted by Crippen LogP contribution is -2.43. The molecule has 0 fully saturated rings. The number of aliphatic hydroxyl groups is 1. The maximum atomic E-state index is 12.1. The van der Waals surface area contributed by atoms with Gasteiger partial charge in [-0.05, 0) is 30.4 Å². The zero-order valence-corrected chi connectivity index (χ0v) is 14.2. The Hall–Kier alpha value is -2.34. The van der Waals surface area contributed by atoms with Crippen molar-refractivity contribution in [1.29, 1.82) is 0 Å². The van der Waals surface area contributed by atoms with Crippen LogP contribution in [0, 0.1) is 0 Å². The van der Waals surface area contributed by atoms with Gasteiger partial charge in [-0.2, -0.15) is 5.10 Å². The molecule has 0 bridgehead atoms. The molecule has 1 aliphatic rings. The van der Waals surface area contributed by atoms with Gasteiger partial charge in [0.05, 0.1) is 12.2 Å². The van der Waals surface area contributed by atoms with Gasteiger partial charge in [-0.15, -0.1) is 0 Å². The van der Waals surface area contributed by atoms with Crippen molar-refractivity contribution in [2.24, 2.45) is 7.05 Å². The summed E-state index contributed by atoms with van der Waals surface area (Å²) in [4.78, 5) is 12.1. The van der Waals surface area contributed by atoms with Gasteiger partial charge in [0.1, 0.15) is 5.60 Å². The van der Waals surface area contributed by atoms with E-state index in [1.165, 1.54) is 0 Å². The van der Waals surface area contributed by atoms with Gasteiger partial charge in [0.2, 0.25) is 0 Å². The van der Waals surface area contributed by atoms with Crippen molar-refractivity contribution in [3.63, 3.8) is 0 Å². The molecule has 1 heterocycles. The van der Waals surface area contributed by atoms with Crippen LogP contribution in [0.1, 0.15) is 35.7 Å². The van der Waals surface area contributed by atoms with E-state index in [9.17, 15) is 9.90 Å². The minimum atomic E-state index is -0.975. The molecule has 1 atom stereocenters. The number of benzene rings is 1. The summed E-state index contributed by atoms with van der Waals surface area (Å²) in [5, 5.41) is 20.8. The lowest BCUT2D eigenvalue weighted by Gasteiger charge is -2.24. The minimum absolute atomic E-state index is 0.212. The van der Waals surface area contributed by atoms with E-state index in [0.717, 1.165) is 35.2 Å². The molecule has 2 aromatic rings. The van der Waals surface area contributed by atoms with E-state index < -0.39 is 5.60 Å². The Bertz CT molecular complexity index is 740. The molecule has 0 radical (unpaired) electrons. The number of aromatic nitrogens is 2. The third-order valence-corrected chi connectivity index (χ3v) is 4.63. The zero-order valence-electron chi connectivity index (χ0n) is 14.2. The average Bonchev–Trinajstić information content (AvgIpc) is 3.12. The van der Waals surface area contributed by atoms with Crippen molar-refractivity contribution < 1.29 is 9.90 Å². The van der Waals surface area contributed by atoms with Crippen molar-refractivity contribution in [3.8, 4) is 0 Å². The summed E-state index contributed by atoms with van der Waals surface area (Å²) in [6, 6.07) is 7.58. The Morgan fingerprint density at radius 2 is 2.17 bits per heavy atom. The predicted molar refractivity (Wildman–Crippen MR) is 91.5 cm³/mol. The third kappa shape index (κ3) is 3.28. The van der Waals surface area contributed by atoms with E-state index in [0.29, 0.717) is 13.0 Å². The van der Waals surface area contributed by atoms with Gasteiger partial charge < -0.3 is 15.7 Å². The fraction of sp³-hybridized carbons (Fsp3) is 0.444. The maximum absolute atomic E-state index is 12.1. The molecular weight excluding hydrogens is 304 g/mol. The largest absolute Gasteiger partial charge is 0.383 e. The predicted octanol–water partition coefficient (Wildman–Crippen LogP) is 1.62. The van der Waals surface area contributed by atoms with Gasteiger partial charge in [-0.25, -0.2) is 4.79 Å². The van der Waals surface area contributed by atoms with Crippen molar-refractivity contribution in [3.05, 3.63) is 52.8 Å². The highest BCUT2D eigenvalue weighted by molar-refractivity contribution is 5.74. The van der Waals surface area contributed by atoms with Crippen molar-refractivity contribution in [1.82, 2.24) is 20.4 Å². The molecule has 3 rings (SSSR count). The monoisotopic (exact) mass is 328 g/mol. The summed E-state index contributed by atoms with van der Waals surface area (Å²) in [5.74, 6) is 0. The lowest BCUT2D eigenvalue weighted by atomic mass is 9.96. The second kappa shape index (κ2) is 6.65. The molecule has 1 unspecified atom stereocenters. The number of hydrogen-bond donors (Lipinski definition) is 3. The number of fused-ring (bicyclic) bond motifs is 1. The smallest absolute Gasteiger partial charge is 0.315 e. The number of rotatable bonds is 5. The lowest BCUT2D eigenvalue weighted by molar-refractivity contribution is 0.0412. The van der Waals surface area contributed by atoms with Gasteiger partial charge in [0.15, 0.2) is 0 Å². The second-order valence-electron chi connectivity index (χ2n) is 6.35. The van der Waals surface area contributed by atoms with Crippen LogP contribution in [0.4, 0.5) is 4.79 Å². The van der Waals surface area contributed by atoms with E-state index in [4.69, 9.17) is 0 Å². The van der Waals surface area contributed by atoms with E-state index in [-0.39, 0.29) is 12.6 Å². The Kier molecular flexibility index (Phi) is 4.57. The Morgan fingerprint density at radius 3 is 2.96 bits per heavy atom. The molecule has 1 aromatic carbocycles. The van der Waals surface area contributed by atoms with Crippen LogP contribution in [0.3, 0.4) is 0 Å². The van der Waals surface area contributed by atoms with Gasteiger partial charge in [-0.1, -0.05) is 31.2 Å². The quantitative estimate of drug-likeness (QED) is 0.780. The normalized spacial score (nSPS) is 19.1. The molecular formula is C18H24N4O2. The van der Waals surface area contributed by atoms with Crippen LogP contribution in [-0.2, 0) is 32.0 Å². The first-order chi connectivity index (χ1) is 11.5. The van der Waals surface area contributed by atoms with Gasteiger partial charge in [0.25, 0.3) is 0 Å². The number of nitrogens with one attached hydrogen (secondary N) is 2. The van der Waals surface area contributed by atoms with Crippen LogP contribution in [0.25, 0.3) is 0 Å². The first kappa shape index (κ1) is 16.5. The molecule has 24 heavy (non-hydrogen) atoms. The molecule has 0 aliphatic heterocycles. The number of carbonyl (C=O) groups is 1. The number of nitrogens with zero attached hydrogens (tertiary/aromatic N) is 2. The summed E-state index contributed by atoms with van der Waals surface area (Å²) in [7, 11) is 1.87. The average molecular weight is 328 g/mol. The van der Waals surface area contributed by atoms with E-state index >= 15 is 0 Å². The molecule has 6 nitrogen and oxygen atoms in total. The highest BCUT2D eigenvalue weighted by Crippen LogP contribution is 2.36. The summed E-state index contributed by atoms with van der Waals surface area (Å²) in [5.41, 5.74) is 3.11. The SMILES string of the molecule is CCc1nn(C)cc1CNC(=O)NCC1(O)CCc2ccccc21. The van der Waals surface area contributed by atoms with Gasteiger partial charge in [-0.3, -0.25) is 4.68 Å². The van der Waals surface area contributed by atoms with Crippen LogP contribution >= 0.6 is 0 Å². The van der Waals surface area contributed by atoms with Gasteiger partial charge >= 0.3 is 6.03 Å². The van der Waals surface area contributed by atoms with E-state index in [2.05, 4.69) is 15.7 Å². The summed E-state index contributed by atoms with van der Waals surface area (Å²) in [6.07, 6.45) is 4.22. The van der Waals surface area contributed by atoms with Crippen molar-refractivity contribution in [2.45, 2.75) is 38.3 Å². The van der Waals surface area contributed by atoms with Crippen LogP contribution < -0.4 is 10.6 Å². The fourth-order valence-corrected chi connectivity index (χ4v) is 3.35. The topological polar surface area (TPSA) is 79.2 Å². The fourth-order valence-electron chi connectivity index (χ4n) is 3.35. The van der Waals surface area contributed by atoms with Gasteiger partial charge in [0, 0.05) is 25.4 Å². The highest BCUT2D eigenvalue weighted by Gasteiger charge is 2.36. The molecule has 0 saturated heterocycles. The number of aryl methyl sites for hydroxylation is 3. The van der Waals surface area contributed by atoms with Crippen LogP contribution in [0.2, 0.25) is 0 Å². The number of amides is 2. The van der Waals surface area contributed by atoms with Crippen molar-refractivity contribution >= 4 is 6.03 Å². The zero-order chi connectivity index (χ0) is 17.2. The highest BCUT2D eigenvalue weighted by atomic mass is 16.3. The molecule has 1 aromatic heterocycles. The van der Waals surface area contributed by atoms with Crippen LogP contribution in [0.5, 0.6) is 0 Å². The summed E-state index contributed by atoms with van der Waals surface area (Å²) in [6.45, 7) is 2.68. The molecule has 3 N–H and O–H groups in total. The number of urea groups is 1. The molecule has 1 aliphatic carbocycles. The first-order valence-electron chi connectivity index (χ1n) is 8.35. The molecule has 0 saturated carbocycles. The van der Waals surface area contributed by atoms with E-state index in [1.807, 2.05) is 44.4 Å². The third-order valence-electron chi connectivity index (χ3n) is 4.63. The Labute approximate surface area is 141 Å². The molecule has 6 heteroatoms. The van der Waals surface area contributed by atoms with Crippen LogP contribution in [0.15, 0.2) is 30.5 Å². The van der Waals surface area contributed by atoms with Crippen molar-refractivity contribution in [2.75, 3.05) is 6.54 Å². The Morgan fingerprint density at radius 1 is 1.38 bits per heavy atom.